The van der Waals surface area contributed by atoms with Gasteiger partial charge in [0.05, 0.1) is 25.2 Å². The molecule has 100 valence electrons. The van der Waals surface area contributed by atoms with Crippen LogP contribution in [-0.4, -0.2) is 26.9 Å². The summed E-state index contributed by atoms with van der Waals surface area (Å²) >= 11 is 7.24. The maximum Gasteiger partial charge on any atom is 0.141 e. The number of benzene rings is 1. The monoisotopic (exact) mass is 378 g/mol. The first-order valence-corrected chi connectivity index (χ1v) is 7.56. The number of halogens is 2. The molecule has 0 N–H and O–H groups in total. The van der Waals surface area contributed by atoms with Gasteiger partial charge >= 0.3 is 0 Å². The van der Waals surface area contributed by atoms with Crippen LogP contribution < -0.4 is 9.47 Å². The Morgan fingerprint density at radius 1 is 1.33 bits per heavy atom. The lowest BCUT2D eigenvalue weighted by atomic mass is 10.0. The highest BCUT2D eigenvalue weighted by molar-refractivity contribution is 9.10. The minimum absolute atomic E-state index is 0.136. The van der Waals surface area contributed by atoms with Crippen LogP contribution in [0.25, 0.3) is 0 Å². The molecule has 1 aliphatic rings. The molecule has 0 saturated carbocycles. The second-order valence-electron chi connectivity index (χ2n) is 4.16. The van der Waals surface area contributed by atoms with E-state index in [1.807, 2.05) is 12.1 Å². The Balaban J connectivity index is 2.34. The summed E-state index contributed by atoms with van der Waals surface area (Å²) in [5.74, 6) is 1.56. The Kier molecular flexibility index (Phi) is 4.92. The van der Waals surface area contributed by atoms with Crippen LogP contribution in [0.5, 0.6) is 11.5 Å². The molecule has 2 atom stereocenters. The molecule has 1 saturated heterocycles. The minimum Gasteiger partial charge on any atom is -0.495 e. The lowest BCUT2D eigenvalue weighted by Crippen LogP contribution is -2.13. The molecule has 1 aliphatic heterocycles. The van der Waals surface area contributed by atoms with Crippen LogP contribution in [0.15, 0.2) is 16.6 Å². The molecule has 0 amide bonds. The highest BCUT2D eigenvalue weighted by Gasteiger charge is 2.28. The predicted octanol–water partition coefficient (Wildman–Crippen LogP) is 4.08. The quantitative estimate of drug-likeness (QED) is 0.737. The predicted molar refractivity (Wildman–Crippen MR) is 77.9 cm³/mol. The fourth-order valence-corrected chi connectivity index (χ4v) is 3.63. The van der Waals surface area contributed by atoms with Gasteiger partial charge in [-0.1, -0.05) is 22.0 Å². The van der Waals surface area contributed by atoms with Crippen molar-refractivity contribution in [2.75, 3.05) is 20.8 Å². The molecule has 3 nitrogen and oxygen atoms in total. The molecule has 2 rings (SSSR count). The Bertz CT molecular complexity index is 417. The van der Waals surface area contributed by atoms with Gasteiger partial charge in [-0.05, 0) is 34.8 Å². The lowest BCUT2D eigenvalue weighted by Gasteiger charge is -2.21. The Morgan fingerprint density at radius 3 is 2.67 bits per heavy atom. The molecule has 1 heterocycles. The molecule has 2 unspecified atom stereocenters. The van der Waals surface area contributed by atoms with Gasteiger partial charge in [0.1, 0.15) is 16.0 Å². The van der Waals surface area contributed by atoms with E-state index in [-0.39, 0.29) is 10.9 Å². The first kappa shape index (κ1) is 14.2. The Morgan fingerprint density at radius 2 is 2.11 bits per heavy atom. The van der Waals surface area contributed by atoms with Gasteiger partial charge in [0, 0.05) is 12.2 Å². The normalized spacial score (nSPS) is 20.8. The molecule has 0 bridgehead atoms. The average molecular weight is 380 g/mol. The van der Waals surface area contributed by atoms with Gasteiger partial charge in [-0.3, -0.25) is 0 Å². The van der Waals surface area contributed by atoms with Crippen molar-refractivity contribution in [3.63, 3.8) is 0 Å². The topological polar surface area (TPSA) is 27.7 Å². The Hall–Kier alpha value is -0.260. The molecule has 5 heteroatoms. The van der Waals surface area contributed by atoms with Crippen LogP contribution in [0.4, 0.5) is 0 Å². The third-order valence-electron chi connectivity index (χ3n) is 3.10. The zero-order valence-corrected chi connectivity index (χ0v) is 13.6. The molecule has 0 radical (unpaired) electrons. The van der Waals surface area contributed by atoms with E-state index in [0.29, 0.717) is 0 Å². The Labute approximate surface area is 124 Å². The zero-order chi connectivity index (χ0) is 13.1. The molecule has 0 aromatic heterocycles. The highest BCUT2D eigenvalue weighted by atomic mass is 79.9. The number of rotatable bonds is 4. The van der Waals surface area contributed by atoms with Crippen molar-refractivity contribution in [2.24, 2.45) is 0 Å². The standard InChI is InChI=1S/C13H16Br2O3/c1-16-9-6-5-8(13(17-2)12(9)15)11(14)10-4-3-7-18-10/h5-6,10-11H,3-4,7H2,1-2H3. The number of alkyl halides is 1. The van der Waals surface area contributed by atoms with Crippen LogP contribution in [-0.2, 0) is 4.74 Å². The van der Waals surface area contributed by atoms with Crippen LogP contribution in [0.2, 0.25) is 0 Å². The minimum atomic E-state index is 0.136. The summed E-state index contributed by atoms with van der Waals surface area (Å²) in [4.78, 5) is 0.136. The van der Waals surface area contributed by atoms with Gasteiger partial charge in [-0.2, -0.15) is 0 Å². The fraction of sp³-hybridized carbons (Fsp3) is 0.538. The first-order chi connectivity index (χ1) is 8.69. The lowest BCUT2D eigenvalue weighted by molar-refractivity contribution is 0.110. The number of hydrogen-bond donors (Lipinski definition) is 0. The van der Waals surface area contributed by atoms with E-state index in [9.17, 15) is 0 Å². The van der Waals surface area contributed by atoms with E-state index < -0.39 is 0 Å². The van der Waals surface area contributed by atoms with Gasteiger partial charge in [0.15, 0.2) is 0 Å². The third-order valence-corrected chi connectivity index (χ3v) is 4.94. The van der Waals surface area contributed by atoms with E-state index in [0.717, 1.165) is 41.0 Å². The van der Waals surface area contributed by atoms with Crippen molar-refractivity contribution in [3.8, 4) is 11.5 Å². The second kappa shape index (κ2) is 6.26. The van der Waals surface area contributed by atoms with Crippen LogP contribution in [0.1, 0.15) is 23.2 Å². The van der Waals surface area contributed by atoms with Gasteiger partial charge in [-0.15, -0.1) is 0 Å². The van der Waals surface area contributed by atoms with Gasteiger partial charge in [-0.25, -0.2) is 0 Å². The number of ether oxygens (including phenoxy) is 3. The molecule has 0 aliphatic carbocycles. The molecular weight excluding hydrogens is 364 g/mol. The summed E-state index contributed by atoms with van der Waals surface area (Å²) in [5.41, 5.74) is 1.08. The van der Waals surface area contributed by atoms with Crippen molar-refractivity contribution < 1.29 is 14.2 Å². The third kappa shape index (κ3) is 2.68. The molecule has 1 fully saturated rings. The van der Waals surface area contributed by atoms with Crippen molar-refractivity contribution >= 4 is 31.9 Å². The van der Waals surface area contributed by atoms with Crippen molar-refractivity contribution in [1.82, 2.24) is 0 Å². The van der Waals surface area contributed by atoms with Crippen LogP contribution in [0.3, 0.4) is 0 Å². The largest absolute Gasteiger partial charge is 0.495 e. The molecule has 1 aromatic rings. The average Bonchev–Trinajstić information content (AvgIpc) is 2.91. The smallest absolute Gasteiger partial charge is 0.141 e. The van der Waals surface area contributed by atoms with Gasteiger partial charge in [0.25, 0.3) is 0 Å². The molecular formula is C13H16Br2O3. The summed E-state index contributed by atoms with van der Waals surface area (Å²) in [7, 11) is 3.31. The molecule has 0 spiro atoms. The molecule has 18 heavy (non-hydrogen) atoms. The summed E-state index contributed by atoms with van der Waals surface area (Å²) in [6.07, 6.45) is 2.40. The van der Waals surface area contributed by atoms with Crippen molar-refractivity contribution in [2.45, 2.75) is 23.8 Å². The number of hydrogen-bond acceptors (Lipinski definition) is 3. The summed E-state index contributed by atoms with van der Waals surface area (Å²) < 4.78 is 17.3. The van der Waals surface area contributed by atoms with E-state index in [2.05, 4.69) is 31.9 Å². The maximum absolute atomic E-state index is 5.72. The van der Waals surface area contributed by atoms with Crippen molar-refractivity contribution in [3.05, 3.63) is 22.2 Å². The SMILES string of the molecule is COc1ccc(C(Br)C2CCCO2)c(OC)c1Br. The second-order valence-corrected chi connectivity index (χ2v) is 5.94. The summed E-state index contributed by atoms with van der Waals surface area (Å²) in [6.45, 7) is 0.840. The summed E-state index contributed by atoms with van der Waals surface area (Å²) in [5, 5.41) is 0. The van der Waals surface area contributed by atoms with Crippen LogP contribution in [0, 0.1) is 0 Å². The van der Waals surface area contributed by atoms with E-state index in [1.54, 1.807) is 14.2 Å². The summed E-state index contributed by atoms with van der Waals surface area (Å²) in [6, 6.07) is 3.95. The van der Waals surface area contributed by atoms with E-state index in [4.69, 9.17) is 14.2 Å². The molecule has 1 aromatic carbocycles. The van der Waals surface area contributed by atoms with E-state index >= 15 is 0 Å². The zero-order valence-electron chi connectivity index (χ0n) is 10.4. The van der Waals surface area contributed by atoms with Crippen LogP contribution >= 0.6 is 31.9 Å². The van der Waals surface area contributed by atoms with Gasteiger partial charge in [0.2, 0.25) is 0 Å². The highest BCUT2D eigenvalue weighted by Crippen LogP contribution is 2.44. The van der Waals surface area contributed by atoms with Crippen molar-refractivity contribution in [1.29, 1.82) is 0 Å². The maximum atomic E-state index is 5.72. The first-order valence-electron chi connectivity index (χ1n) is 5.85. The van der Waals surface area contributed by atoms with E-state index in [1.165, 1.54) is 0 Å². The van der Waals surface area contributed by atoms with Gasteiger partial charge < -0.3 is 14.2 Å². The fourth-order valence-electron chi connectivity index (χ4n) is 2.17. The number of methoxy groups -OCH3 is 2.